The average molecular weight is 608 g/mol. The molecule has 0 saturated carbocycles. The maximum atomic E-state index is 14.8. The van der Waals surface area contributed by atoms with Crippen molar-refractivity contribution in [3.63, 3.8) is 0 Å². The molecule has 2 unspecified atom stereocenters. The van der Waals surface area contributed by atoms with Crippen molar-refractivity contribution in [1.29, 1.82) is 0 Å². The number of piperazine rings is 1. The first-order valence-electron chi connectivity index (χ1n) is 13.7. The van der Waals surface area contributed by atoms with Crippen LogP contribution in [0, 0.1) is 5.82 Å². The Kier molecular flexibility index (Phi) is 8.68. The van der Waals surface area contributed by atoms with Gasteiger partial charge < -0.3 is 20.5 Å². The summed E-state index contributed by atoms with van der Waals surface area (Å²) in [5.74, 6) is -0.154. The van der Waals surface area contributed by atoms with E-state index in [1.807, 2.05) is 23.6 Å². The van der Waals surface area contributed by atoms with Crippen molar-refractivity contribution in [2.45, 2.75) is 55.9 Å². The van der Waals surface area contributed by atoms with E-state index < -0.39 is 35.6 Å². The second kappa shape index (κ2) is 12.0. The smallest absolute Gasteiger partial charge is 0.375 e. The molecule has 13 heteroatoms. The van der Waals surface area contributed by atoms with Crippen LogP contribution in [0.1, 0.15) is 19.4 Å². The van der Waals surface area contributed by atoms with E-state index in [2.05, 4.69) is 11.6 Å². The first-order chi connectivity index (χ1) is 19.9. The van der Waals surface area contributed by atoms with Crippen molar-refractivity contribution in [1.82, 2.24) is 14.5 Å². The lowest BCUT2D eigenvalue weighted by molar-refractivity contribution is -0.137. The summed E-state index contributed by atoms with van der Waals surface area (Å²) in [6.45, 7) is 8.63. The first-order valence-corrected chi connectivity index (χ1v) is 14.6. The normalized spacial score (nSPS) is 22.3. The predicted molar refractivity (Wildman–Crippen MR) is 155 cm³/mol. The molecule has 0 amide bonds. The molecule has 2 aliphatic rings. The Morgan fingerprint density at radius 1 is 1.21 bits per heavy atom. The molecule has 0 bridgehead atoms. The molecule has 2 aliphatic heterocycles. The molecule has 2 aromatic carbocycles. The molecule has 0 aliphatic carbocycles. The molecule has 3 N–H and O–H groups in total. The third-order valence-corrected chi connectivity index (χ3v) is 8.94. The molecule has 42 heavy (non-hydrogen) atoms. The van der Waals surface area contributed by atoms with Crippen LogP contribution in [-0.4, -0.2) is 76.0 Å². The molecular weight excluding hydrogens is 574 g/mol. The number of aliphatic hydroxyl groups excluding tert-OH is 1. The molecule has 5 rings (SSSR count). The van der Waals surface area contributed by atoms with Crippen molar-refractivity contribution in [2.24, 2.45) is 5.73 Å². The van der Waals surface area contributed by atoms with Crippen LogP contribution in [0.15, 0.2) is 52.7 Å². The van der Waals surface area contributed by atoms with Crippen LogP contribution in [-0.2, 0) is 17.5 Å². The zero-order valence-electron chi connectivity index (χ0n) is 23.3. The summed E-state index contributed by atoms with van der Waals surface area (Å²) in [5.41, 5.74) is 4.50. The Hall–Kier alpha value is -2.97. The number of nitrogens with zero attached hydrogens (tertiary/aromatic N) is 4. The molecule has 3 aromatic rings. The summed E-state index contributed by atoms with van der Waals surface area (Å²) in [6.07, 6.45) is -4.74. The van der Waals surface area contributed by atoms with Gasteiger partial charge in [0.25, 0.3) is 0 Å². The molecule has 1 fully saturated rings. The maximum Gasteiger partial charge on any atom is 0.417 e. The number of hydrogen-bond acceptors (Lipinski definition) is 8. The highest BCUT2D eigenvalue weighted by Crippen LogP contribution is 2.48. The minimum Gasteiger partial charge on any atom is -0.375 e. The summed E-state index contributed by atoms with van der Waals surface area (Å²) < 4.78 is 65.5. The molecule has 0 spiro atoms. The Bertz CT molecular complexity index is 1520. The summed E-state index contributed by atoms with van der Waals surface area (Å²) in [5, 5.41) is 10.6. The number of halogens is 4. The summed E-state index contributed by atoms with van der Waals surface area (Å²) in [4.78, 5) is 21.9. The Morgan fingerprint density at radius 2 is 1.88 bits per heavy atom. The Labute approximate surface area is 244 Å². The topological polar surface area (TPSA) is 96.8 Å². The van der Waals surface area contributed by atoms with Gasteiger partial charge in [-0.1, -0.05) is 18.7 Å². The zero-order valence-corrected chi connectivity index (χ0v) is 24.1. The number of ether oxygens (including phenoxy) is 1. The third kappa shape index (κ3) is 5.68. The Balaban J connectivity index is 1.78. The van der Waals surface area contributed by atoms with Gasteiger partial charge in [-0.2, -0.15) is 18.2 Å². The van der Waals surface area contributed by atoms with Crippen LogP contribution < -0.4 is 16.3 Å². The van der Waals surface area contributed by atoms with Crippen LogP contribution in [0.3, 0.4) is 0 Å². The van der Waals surface area contributed by atoms with Crippen molar-refractivity contribution in [2.75, 3.05) is 36.9 Å². The third-order valence-electron chi connectivity index (χ3n) is 7.71. The van der Waals surface area contributed by atoms with Crippen LogP contribution in [0.4, 0.5) is 23.4 Å². The van der Waals surface area contributed by atoms with Gasteiger partial charge in [-0.15, -0.1) is 11.8 Å². The number of alkyl halides is 3. The van der Waals surface area contributed by atoms with E-state index in [9.17, 15) is 27.5 Å². The SMILES string of the molecule is C=CC(O)N1[C@H](C)CN(c2nc(=O)n3c4c(c(-c5ccc(F)cc5)c(C(F)(F)F)cc24)SCC(OCCN)C3)C[C@@H]1C. The summed E-state index contributed by atoms with van der Waals surface area (Å²) >= 11 is 1.17. The number of benzene rings is 2. The van der Waals surface area contributed by atoms with Crippen molar-refractivity contribution < 1.29 is 27.4 Å². The first kappa shape index (κ1) is 30.5. The largest absolute Gasteiger partial charge is 0.417 e. The average Bonchev–Trinajstić information content (AvgIpc) is 3.13. The van der Waals surface area contributed by atoms with Crippen LogP contribution in [0.25, 0.3) is 22.0 Å². The lowest BCUT2D eigenvalue weighted by Crippen LogP contribution is -2.60. The highest BCUT2D eigenvalue weighted by atomic mass is 32.2. The van der Waals surface area contributed by atoms with Gasteiger partial charge in [-0.25, -0.2) is 9.18 Å². The van der Waals surface area contributed by atoms with Crippen molar-refractivity contribution in [3.05, 3.63) is 64.9 Å². The van der Waals surface area contributed by atoms with Gasteiger partial charge in [0.05, 0.1) is 30.3 Å². The number of hydrogen-bond donors (Lipinski definition) is 2. The number of aromatic nitrogens is 2. The van der Waals surface area contributed by atoms with E-state index in [4.69, 9.17) is 10.5 Å². The quantitative estimate of drug-likeness (QED) is 0.307. The number of nitrogens with two attached hydrogens (primary N) is 1. The second-order valence-corrected chi connectivity index (χ2v) is 11.7. The second-order valence-electron chi connectivity index (χ2n) is 10.6. The number of anilines is 1. The van der Waals surface area contributed by atoms with E-state index in [-0.39, 0.29) is 64.8 Å². The molecule has 1 aromatic heterocycles. The molecule has 226 valence electrons. The molecular formula is C29H33F4N5O3S. The standard InChI is InChI=1S/C29H33F4N5O3S/c1-4-23(39)38-16(2)12-36(13-17(38)3)27-21-11-22(29(31,32)33)24(18-5-7-19(30)8-6-18)26-25(21)37(28(40)35-27)14-20(15-42-26)41-10-9-34/h4-8,11,16-17,20,23,39H,1,9-10,12-15,34H2,2-3H3/t16-,17+,20?,23?. The minimum atomic E-state index is -4.76. The monoisotopic (exact) mass is 607 g/mol. The Morgan fingerprint density at radius 3 is 2.48 bits per heavy atom. The van der Waals surface area contributed by atoms with Gasteiger partial charge in [-0.05, 0) is 43.7 Å². The van der Waals surface area contributed by atoms with Gasteiger partial charge >= 0.3 is 11.9 Å². The summed E-state index contributed by atoms with van der Waals surface area (Å²) in [6, 6.07) is 5.47. The molecule has 1 saturated heterocycles. The van der Waals surface area contributed by atoms with Gasteiger partial charge in [0.2, 0.25) is 0 Å². The van der Waals surface area contributed by atoms with Crippen molar-refractivity contribution >= 4 is 28.5 Å². The molecule has 3 heterocycles. The number of thioether (sulfide) groups is 1. The number of rotatable bonds is 7. The van der Waals surface area contributed by atoms with Gasteiger partial charge in [0, 0.05) is 53.3 Å². The highest BCUT2D eigenvalue weighted by molar-refractivity contribution is 7.99. The van der Waals surface area contributed by atoms with Crippen LogP contribution in [0.5, 0.6) is 0 Å². The maximum absolute atomic E-state index is 14.8. The fraction of sp³-hybridized carbons (Fsp3) is 0.448. The van der Waals surface area contributed by atoms with E-state index >= 15 is 0 Å². The fourth-order valence-corrected chi connectivity index (χ4v) is 7.27. The van der Waals surface area contributed by atoms with E-state index in [1.165, 1.54) is 34.5 Å². The fourth-order valence-electron chi connectivity index (χ4n) is 5.99. The lowest BCUT2D eigenvalue weighted by atomic mass is 9.96. The van der Waals surface area contributed by atoms with E-state index in [0.717, 1.165) is 18.2 Å². The van der Waals surface area contributed by atoms with E-state index in [1.54, 1.807) is 0 Å². The van der Waals surface area contributed by atoms with Gasteiger partial charge in [-0.3, -0.25) is 9.47 Å². The number of aliphatic hydroxyl groups is 1. The molecule has 0 radical (unpaired) electrons. The lowest BCUT2D eigenvalue weighted by Gasteiger charge is -2.46. The van der Waals surface area contributed by atoms with Crippen LogP contribution >= 0.6 is 11.8 Å². The van der Waals surface area contributed by atoms with Gasteiger partial charge in [0.1, 0.15) is 17.9 Å². The minimum absolute atomic E-state index is 0.0863. The molecule has 4 atom stereocenters. The predicted octanol–water partition coefficient (Wildman–Crippen LogP) is 4.07. The van der Waals surface area contributed by atoms with Crippen molar-refractivity contribution in [3.8, 4) is 11.1 Å². The van der Waals surface area contributed by atoms with E-state index in [0.29, 0.717) is 18.6 Å². The highest BCUT2D eigenvalue weighted by Gasteiger charge is 2.40. The van der Waals surface area contributed by atoms with Crippen LogP contribution in [0.2, 0.25) is 0 Å². The zero-order chi connectivity index (χ0) is 30.3. The van der Waals surface area contributed by atoms with Gasteiger partial charge in [0.15, 0.2) is 0 Å². The summed E-state index contributed by atoms with van der Waals surface area (Å²) in [7, 11) is 0. The molecule has 8 nitrogen and oxygen atoms in total.